The van der Waals surface area contributed by atoms with E-state index in [1.165, 1.54) is 0 Å². The zero-order chi connectivity index (χ0) is 19.6. The molecule has 1 amide bonds. The van der Waals surface area contributed by atoms with Gasteiger partial charge in [0.05, 0.1) is 12.2 Å². The van der Waals surface area contributed by atoms with Gasteiger partial charge in [0.15, 0.2) is 5.60 Å². The summed E-state index contributed by atoms with van der Waals surface area (Å²) >= 11 is 4.45. The van der Waals surface area contributed by atoms with E-state index >= 15 is 0 Å². The first-order valence-electron chi connectivity index (χ1n) is 8.74. The molecular formula is C21H21I2NO3. The minimum Gasteiger partial charge on any atom is -0.396 e. The van der Waals surface area contributed by atoms with E-state index in [1.54, 1.807) is 4.90 Å². The minimum absolute atomic E-state index is 0.0445. The quantitative estimate of drug-likeness (QED) is 0.393. The minimum atomic E-state index is -1.61. The topological polar surface area (TPSA) is 60.8 Å². The zero-order valence-corrected chi connectivity index (χ0v) is 19.2. The van der Waals surface area contributed by atoms with Crippen LogP contribution in [-0.2, 0) is 16.9 Å². The SMILES string of the molecule is C[C@@H](/C=C/CCO)[C@]1(O)C(=O)N(Cc2cccc(I)c2)c2ccc(I)cc21. The molecule has 27 heavy (non-hydrogen) atoms. The summed E-state index contributed by atoms with van der Waals surface area (Å²) < 4.78 is 2.08. The second-order valence-corrected chi connectivity index (χ2v) is 9.17. The Labute approximate surface area is 186 Å². The number of hydrogen-bond donors (Lipinski definition) is 2. The molecule has 0 spiro atoms. The smallest absolute Gasteiger partial charge is 0.264 e. The summed E-state index contributed by atoms with van der Waals surface area (Å²) in [5, 5.41) is 20.5. The average Bonchev–Trinajstić information content (AvgIpc) is 2.84. The number of amides is 1. The van der Waals surface area contributed by atoms with Crippen molar-refractivity contribution in [1.82, 2.24) is 0 Å². The van der Waals surface area contributed by atoms with Gasteiger partial charge in [-0.05, 0) is 87.5 Å². The van der Waals surface area contributed by atoms with Crippen LogP contribution in [0, 0.1) is 13.1 Å². The van der Waals surface area contributed by atoms with Gasteiger partial charge in [0.2, 0.25) is 0 Å². The Hall–Kier alpha value is -0.970. The molecule has 1 aliphatic heterocycles. The van der Waals surface area contributed by atoms with Crippen LogP contribution in [0.25, 0.3) is 0 Å². The number of aliphatic hydroxyl groups excluding tert-OH is 1. The highest BCUT2D eigenvalue weighted by Crippen LogP contribution is 2.46. The number of halogens is 2. The standard InChI is InChI=1S/C21H21I2NO3/c1-14(5-2-3-10-25)21(27)18-12-17(23)8-9-19(18)24(20(21)26)13-15-6-4-7-16(22)11-15/h2,4-9,11-12,14,25,27H,3,10,13H2,1H3/b5-2+/t14-,21+/m0/s1. The molecule has 2 N–H and O–H groups in total. The van der Waals surface area contributed by atoms with Gasteiger partial charge in [0.25, 0.3) is 5.91 Å². The van der Waals surface area contributed by atoms with E-state index in [9.17, 15) is 9.90 Å². The second kappa shape index (κ2) is 8.59. The first-order valence-corrected chi connectivity index (χ1v) is 10.9. The highest BCUT2D eigenvalue weighted by atomic mass is 127. The predicted molar refractivity (Wildman–Crippen MR) is 123 cm³/mol. The third-order valence-electron chi connectivity index (χ3n) is 4.84. The Morgan fingerprint density at radius 2 is 1.93 bits per heavy atom. The molecule has 0 saturated carbocycles. The molecule has 0 aliphatic carbocycles. The average molecular weight is 589 g/mol. The molecule has 1 heterocycles. The first kappa shape index (κ1) is 20.8. The molecule has 0 unspecified atom stereocenters. The van der Waals surface area contributed by atoms with Gasteiger partial charge in [-0.25, -0.2) is 0 Å². The molecule has 0 radical (unpaired) electrons. The molecule has 0 fully saturated rings. The van der Waals surface area contributed by atoms with Crippen molar-refractivity contribution in [3.05, 3.63) is 72.9 Å². The molecule has 0 bridgehead atoms. The van der Waals surface area contributed by atoms with E-state index in [-0.39, 0.29) is 12.5 Å². The number of rotatable bonds is 6. The molecule has 142 valence electrons. The number of fused-ring (bicyclic) bond motifs is 1. The number of benzene rings is 2. The van der Waals surface area contributed by atoms with E-state index in [4.69, 9.17) is 5.11 Å². The van der Waals surface area contributed by atoms with Crippen LogP contribution in [0.3, 0.4) is 0 Å². The van der Waals surface area contributed by atoms with Gasteiger partial charge in [0.1, 0.15) is 0 Å². The van der Waals surface area contributed by atoms with Crippen LogP contribution in [0.15, 0.2) is 54.6 Å². The summed E-state index contributed by atoms with van der Waals surface area (Å²) in [4.78, 5) is 15.0. The number of nitrogens with zero attached hydrogens (tertiary/aromatic N) is 1. The van der Waals surface area contributed by atoms with Crippen molar-refractivity contribution in [3.8, 4) is 0 Å². The fourth-order valence-electron chi connectivity index (χ4n) is 3.41. The number of hydrogen-bond acceptors (Lipinski definition) is 3. The summed E-state index contributed by atoms with van der Waals surface area (Å²) in [7, 11) is 0. The Balaban J connectivity index is 2.02. The Bertz CT molecular complexity index is 883. The van der Waals surface area contributed by atoms with Crippen LogP contribution in [-0.4, -0.2) is 22.7 Å². The molecule has 2 aromatic carbocycles. The van der Waals surface area contributed by atoms with Crippen LogP contribution in [0.5, 0.6) is 0 Å². The fraction of sp³-hybridized carbons (Fsp3) is 0.286. The number of anilines is 1. The van der Waals surface area contributed by atoms with Crippen LogP contribution in [0.4, 0.5) is 5.69 Å². The second-order valence-electron chi connectivity index (χ2n) is 6.68. The van der Waals surface area contributed by atoms with Gasteiger partial charge in [-0.2, -0.15) is 0 Å². The lowest BCUT2D eigenvalue weighted by Crippen LogP contribution is -2.44. The van der Waals surface area contributed by atoms with Crippen molar-refractivity contribution in [1.29, 1.82) is 0 Å². The number of carbonyl (C=O) groups is 1. The van der Waals surface area contributed by atoms with Gasteiger partial charge in [-0.1, -0.05) is 31.2 Å². The van der Waals surface area contributed by atoms with Crippen molar-refractivity contribution in [2.24, 2.45) is 5.92 Å². The van der Waals surface area contributed by atoms with Gasteiger partial charge >= 0.3 is 0 Å². The third-order valence-corrected chi connectivity index (χ3v) is 6.18. The number of aliphatic hydroxyl groups is 2. The van der Waals surface area contributed by atoms with Gasteiger partial charge in [-0.15, -0.1) is 0 Å². The fourth-order valence-corrected chi connectivity index (χ4v) is 4.51. The van der Waals surface area contributed by atoms with E-state index in [0.717, 1.165) is 18.4 Å². The zero-order valence-electron chi connectivity index (χ0n) is 14.9. The van der Waals surface area contributed by atoms with Crippen LogP contribution >= 0.6 is 45.2 Å². The van der Waals surface area contributed by atoms with E-state index in [2.05, 4.69) is 45.2 Å². The Morgan fingerprint density at radius 3 is 2.63 bits per heavy atom. The van der Waals surface area contributed by atoms with Crippen LogP contribution < -0.4 is 4.90 Å². The maximum atomic E-state index is 13.3. The van der Waals surface area contributed by atoms with Crippen molar-refractivity contribution < 1.29 is 15.0 Å². The normalized spacial score (nSPS) is 20.3. The molecule has 0 aromatic heterocycles. The molecular weight excluding hydrogens is 568 g/mol. The van der Waals surface area contributed by atoms with E-state index in [0.29, 0.717) is 18.5 Å². The lowest BCUT2D eigenvalue weighted by atomic mass is 9.83. The summed E-state index contributed by atoms with van der Waals surface area (Å²) in [5.41, 5.74) is 0.813. The molecule has 4 nitrogen and oxygen atoms in total. The van der Waals surface area contributed by atoms with Crippen LogP contribution in [0.2, 0.25) is 0 Å². The van der Waals surface area contributed by atoms with Gasteiger partial charge in [0, 0.05) is 25.2 Å². The molecule has 2 atom stereocenters. The first-order chi connectivity index (χ1) is 12.9. The summed E-state index contributed by atoms with van der Waals surface area (Å²) in [6, 6.07) is 13.8. The van der Waals surface area contributed by atoms with E-state index < -0.39 is 11.5 Å². The molecule has 1 aliphatic rings. The molecule has 0 saturated heterocycles. The Kier molecular flexibility index (Phi) is 6.60. The molecule has 3 rings (SSSR count). The third kappa shape index (κ3) is 4.08. The summed E-state index contributed by atoms with van der Waals surface area (Å²) in [6.45, 7) is 2.30. The lowest BCUT2D eigenvalue weighted by Gasteiger charge is -2.27. The van der Waals surface area contributed by atoms with E-state index in [1.807, 2.05) is 61.5 Å². The monoisotopic (exact) mass is 589 g/mol. The van der Waals surface area contributed by atoms with Crippen molar-refractivity contribution >= 4 is 56.8 Å². The molecule has 2 aromatic rings. The lowest BCUT2D eigenvalue weighted by molar-refractivity contribution is -0.139. The maximum Gasteiger partial charge on any atom is 0.264 e. The highest BCUT2D eigenvalue weighted by molar-refractivity contribution is 14.1. The number of carbonyl (C=O) groups excluding carboxylic acids is 1. The van der Waals surface area contributed by atoms with Gasteiger partial charge in [-0.3, -0.25) is 4.79 Å². The largest absolute Gasteiger partial charge is 0.396 e. The van der Waals surface area contributed by atoms with Crippen molar-refractivity contribution in [3.63, 3.8) is 0 Å². The maximum absolute atomic E-state index is 13.3. The predicted octanol–water partition coefficient (Wildman–Crippen LogP) is 4.20. The van der Waals surface area contributed by atoms with Crippen LogP contribution in [0.1, 0.15) is 24.5 Å². The van der Waals surface area contributed by atoms with Crippen molar-refractivity contribution in [2.45, 2.75) is 25.5 Å². The molecule has 6 heteroatoms. The van der Waals surface area contributed by atoms with Crippen molar-refractivity contribution in [2.75, 3.05) is 11.5 Å². The summed E-state index contributed by atoms with van der Waals surface area (Å²) in [5.74, 6) is -0.714. The highest BCUT2D eigenvalue weighted by Gasteiger charge is 2.52. The van der Waals surface area contributed by atoms with Gasteiger partial charge < -0.3 is 15.1 Å². The summed E-state index contributed by atoms with van der Waals surface area (Å²) in [6.07, 6.45) is 4.12. The Morgan fingerprint density at radius 1 is 1.19 bits per heavy atom.